The molecule has 0 heterocycles. The lowest BCUT2D eigenvalue weighted by molar-refractivity contribution is 0.100. The fourth-order valence-electron chi connectivity index (χ4n) is 2.14. The number of benzene rings is 2. The highest BCUT2D eigenvalue weighted by atomic mass is 16.5. The highest BCUT2D eigenvalue weighted by Gasteiger charge is 2.20. The van der Waals surface area contributed by atoms with Gasteiger partial charge >= 0.3 is 0 Å². The van der Waals surface area contributed by atoms with Crippen LogP contribution in [0.2, 0.25) is 0 Å². The van der Waals surface area contributed by atoms with Crippen molar-refractivity contribution in [1.82, 2.24) is 0 Å². The van der Waals surface area contributed by atoms with Gasteiger partial charge in [0.05, 0.1) is 11.3 Å². The van der Waals surface area contributed by atoms with Gasteiger partial charge in [0.1, 0.15) is 5.75 Å². The molecule has 0 aliphatic carbocycles. The van der Waals surface area contributed by atoms with E-state index in [1.807, 2.05) is 24.3 Å². The quantitative estimate of drug-likeness (QED) is 0.847. The van der Waals surface area contributed by atoms with Crippen molar-refractivity contribution in [3.05, 3.63) is 53.6 Å². The van der Waals surface area contributed by atoms with E-state index < -0.39 is 5.91 Å². The molecule has 0 aliphatic heterocycles. The number of primary amides is 1. The van der Waals surface area contributed by atoms with Crippen molar-refractivity contribution in [3.8, 4) is 11.5 Å². The number of hydrogen-bond acceptors (Lipinski definition) is 3. The fraction of sp³-hybridized carbons (Fsp3) is 0.235. The number of hydrogen-bond donors (Lipinski definition) is 2. The SMILES string of the molecule is CC(C)(C)c1ccccc1Oc1cccc(C(N)=O)c1N. The van der Waals surface area contributed by atoms with Gasteiger partial charge < -0.3 is 16.2 Å². The van der Waals surface area contributed by atoms with Crippen LogP contribution < -0.4 is 16.2 Å². The Labute approximate surface area is 124 Å². The first-order valence-corrected chi connectivity index (χ1v) is 6.76. The Hall–Kier alpha value is -2.49. The van der Waals surface area contributed by atoms with Crippen molar-refractivity contribution >= 4 is 11.6 Å². The maximum absolute atomic E-state index is 11.3. The third-order valence-corrected chi connectivity index (χ3v) is 3.25. The van der Waals surface area contributed by atoms with Gasteiger partial charge in [-0.1, -0.05) is 45.0 Å². The first kappa shape index (κ1) is 14.9. The third-order valence-electron chi connectivity index (χ3n) is 3.25. The van der Waals surface area contributed by atoms with E-state index in [1.54, 1.807) is 18.2 Å². The highest BCUT2D eigenvalue weighted by Crippen LogP contribution is 2.36. The highest BCUT2D eigenvalue weighted by molar-refractivity contribution is 5.99. The molecule has 2 aromatic rings. The van der Waals surface area contributed by atoms with Crippen molar-refractivity contribution in [2.24, 2.45) is 5.73 Å². The molecule has 2 aromatic carbocycles. The number of nitrogens with two attached hydrogens (primary N) is 2. The van der Waals surface area contributed by atoms with Gasteiger partial charge in [0.15, 0.2) is 5.75 Å². The minimum Gasteiger partial charge on any atom is -0.455 e. The van der Waals surface area contributed by atoms with Crippen LogP contribution in [0.4, 0.5) is 5.69 Å². The second kappa shape index (κ2) is 5.48. The smallest absolute Gasteiger partial charge is 0.250 e. The number of anilines is 1. The van der Waals surface area contributed by atoms with E-state index in [0.29, 0.717) is 5.75 Å². The van der Waals surface area contributed by atoms with Gasteiger partial charge in [-0.15, -0.1) is 0 Å². The largest absolute Gasteiger partial charge is 0.455 e. The van der Waals surface area contributed by atoms with E-state index in [1.165, 1.54) is 0 Å². The predicted molar refractivity (Wildman–Crippen MR) is 84.6 cm³/mol. The zero-order valence-electron chi connectivity index (χ0n) is 12.5. The van der Waals surface area contributed by atoms with E-state index in [2.05, 4.69) is 20.8 Å². The molecule has 0 spiro atoms. The summed E-state index contributed by atoms with van der Waals surface area (Å²) in [5.74, 6) is 0.586. The zero-order valence-corrected chi connectivity index (χ0v) is 12.5. The number of ether oxygens (including phenoxy) is 1. The molecular weight excluding hydrogens is 264 g/mol. The number of carbonyl (C=O) groups is 1. The monoisotopic (exact) mass is 284 g/mol. The Kier molecular flexibility index (Phi) is 3.89. The van der Waals surface area contributed by atoms with Crippen molar-refractivity contribution in [2.45, 2.75) is 26.2 Å². The molecule has 0 radical (unpaired) electrons. The van der Waals surface area contributed by atoms with E-state index in [4.69, 9.17) is 16.2 Å². The molecule has 1 amide bonds. The topological polar surface area (TPSA) is 78.3 Å². The molecule has 110 valence electrons. The summed E-state index contributed by atoms with van der Waals surface area (Å²) >= 11 is 0. The average molecular weight is 284 g/mol. The van der Waals surface area contributed by atoms with Crippen LogP contribution in [0.1, 0.15) is 36.7 Å². The Morgan fingerprint density at radius 1 is 1.00 bits per heavy atom. The van der Waals surface area contributed by atoms with Crippen LogP contribution in [-0.2, 0) is 5.41 Å². The molecule has 4 nitrogen and oxygen atoms in total. The Morgan fingerprint density at radius 3 is 2.24 bits per heavy atom. The second-order valence-corrected chi connectivity index (χ2v) is 5.93. The summed E-state index contributed by atoms with van der Waals surface area (Å²) in [6.07, 6.45) is 0. The van der Waals surface area contributed by atoms with Gasteiger partial charge in [-0.2, -0.15) is 0 Å². The molecule has 0 aromatic heterocycles. The summed E-state index contributed by atoms with van der Waals surface area (Å²) < 4.78 is 5.92. The van der Waals surface area contributed by atoms with Gasteiger partial charge in [-0.05, 0) is 23.6 Å². The van der Waals surface area contributed by atoms with Crippen LogP contribution in [0.3, 0.4) is 0 Å². The molecule has 2 rings (SSSR count). The molecule has 0 saturated carbocycles. The maximum atomic E-state index is 11.3. The molecule has 0 aliphatic rings. The van der Waals surface area contributed by atoms with Crippen LogP contribution in [0.15, 0.2) is 42.5 Å². The van der Waals surface area contributed by atoms with Crippen molar-refractivity contribution in [3.63, 3.8) is 0 Å². The third kappa shape index (κ3) is 3.16. The van der Waals surface area contributed by atoms with Gasteiger partial charge in [0.2, 0.25) is 0 Å². The molecule has 0 bridgehead atoms. The van der Waals surface area contributed by atoms with E-state index >= 15 is 0 Å². The molecular formula is C17H20N2O2. The molecule has 21 heavy (non-hydrogen) atoms. The number of rotatable bonds is 3. The van der Waals surface area contributed by atoms with Gasteiger partial charge in [-0.25, -0.2) is 0 Å². The summed E-state index contributed by atoms with van der Waals surface area (Å²) in [7, 11) is 0. The first-order valence-electron chi connectivity index (χ1n) is 6.76. The zero-order chi connectivity index (χ0) is 15.6. The molecule has 4 heteroatoms. The van der Waals surface area contributed by atoms with Crippen molar-refractivity contribution in [2.75, 3.05) is 5.73 Å². The number of amides is 1. The Bertz CT molecular complexity index is 673. The Balaban J connectivity index is 2.45. The molecule has 4 N–H and O–H groups in total. The lowest BCUT2D eigenvalue weighted by Crippen LogP contribution is -2.14. The van der Waals surface area contributed by atoms with Crippen LogP contribution in [0, 0.1) is 0 Å². The Morgan fingerprint density at radius 2 is 1.62 bits per heavy atom. The van der Waals surface area contributed by atoms with Gasteiger partial charge in [-0.3, -0.25) is 4.79 Å². The molecule has 0 atom stereocenters. The van der Waals surface area contributed by atoms with Crippen molar-refractivity contribution < 1.29 is 9.53 Å². The summed E-state index contributed by atoms with van der Waals surface area (Å²) in [5.41, 5.74) is 12.8. The number of para-hydroxylation sites is 2. The number of nitrogen functional groups attached to an aromatic ring is 1. The minimum absolute atomic E-state index is 0.0628. The summed E-state index contributed by atoms with van der Waals surface area (Å²) in [5, 5.41) is 0. The van der Waals surface area contributed by atoms with E-state index in [9.17, 15) is 4.79 Å². The summed E-state index contributed by atoms with van der Waals surface area (Å²) in [4.78, 5) is 11.3. The van der Waals surface area contributed by atoms with Crippen LogP contribution >= 0.6 is 0 Å². The van der Waals surface area contributed by atoms with Gasteiger partial charge in [0.25, 0.3) is 5.91 Å². The van der Waals surface area contributed by atoms with Crippen LogP contribution in [0.5, 0.6) is 11.5 Å². The molecule has 0 unspecified atom stereocenters. The lowest BCUT2D eigenvalue weighted by atomic mass is 9.86. The summed E-state index contributed by atoms with van der Waals surface area (Å²) in [6, 6.07) is 12.8. The predicted octanol–water partition coefficient (Wildman–Crippen LogP) is 3.46. The van der Waals surface area contributed by atoms with E-state index in [0.717, 1.165) is 11.3 Å². The normalized spacial score (nSPS) is 11.2. The first-order chi connectivity index (χ1) is 9.80. The second-order valence-electron chi connectivity index (χ2n) is 5.93. The van der Waals surface area contributed by atoms with Crippen LogP contribution in [-0.4, -0.2) is 5.91 Å². The summed E-state index contributed by atoms with van der Waals surface area (Å²) in [6.45, 7) is 6.33. The average Bonchev–Trinajstić information content (AvgIpc) is 2.40. The molecule has 0 saturated heterocycles. The maximum Gasteiger partial charge on any atom is 0.250 e. The minimum atomic E-state index is -0.568. The fourth-order valence-corrected chi connectivity index (χ4v) is 2.14. The van der Waals surface area contributed by atoms with Crippen LogP contribution in [0.25, 0.3) is 0 Å². The van der Waals surface area contributed by atoms with E-state index in [-0.39, 0.29) is 16.7 Å². The standard InChI is InChI=1S/C17H20N2O2/c1-17(2,3)12-8-4-5-9-13(12)21-14-10-6-7-11(15(14)18)16(19)20/h4-10H,18H2,1-3H3,(H2,19,20). The molecule has 0 fully saturated rings. The lowest BCUT2D eigenvalue weighted by Gasteiger charge is -2.23. The number of carbonyl (C=O) groups excluding carboxylic acids is 1. The van der Waals surface area contributed by atoms with Gasteiger partial charge in [0, 0.05) is 5.56 Å². The van der Waals surface area contributed by atoms with Crippen molar-refractivity contribution in [1.29, 1.82) is 0 Å².